The van der Waals surface area contributed by atoms with Crippen LogP contribution in [0.5, 0.6) is 0 Å². The van der Waals surface area contributed by atoms with E-state index in [9.17, 15) is 9.59 Å². The van der Waals surface area contributed by atoms with Crippen molar-refractivity contribution in [3.05, 3.63) is 0 Å². The smallest absolute Gasteiger partial charge is 0.240 e. The van der Waals surface area contributed by atoms with E-state index in [1.165, 1.54) is 0 Å². The minimum absolute atomic E-state index is 0.0876. The van der Waals surface area contributed by atoms with Crippen molar-refractivity contribution < 1.29 is 14.3 Å². The quantitative estimate of drug-likeness (QED) is 0.624. The van der Waals surface area contributed by atoms with E-state index in [1.54, 1.807) is 0 Å². The first kappa shape index (κ1) is 23.1. The maximum Gasteiger partial charge on any atom is 0.240 e. The molecule has 0 aromatic rings. The zero-order valence-corrected chi connectivity index (χ0v) is 18.4. The van der Waals surface area contributed by atoms with Crippen LogP contribution in [-0.2, 0) is 14.3 Å². The van der Waals surface area contributed by atoms with Crippen molar-refractivity contribution >= 4 is 11.8 Å². The van der Waals surface area contributed by atoms with Gasteiger partial charge in [-0.1, -0.05) is 27.2 Å². The Hall–Kier alpha value is -1.18. The highest BCUT2D eigenvalue weighted by atomic mass is 16.5. The van der Waals surface area contributed by atoms with Crippen molar-refractivity contribution in [2.24, 2.45) is 5.92 Å². The molecule has 0 radical (unpaired) electrons. The highest BCUT2D eigenvalue weighted by Crippen LogP contribution is 2.21. The zero-order valence-electron chi connectivity index (χ0n) is 18.4. The molecule has 2 heterocycles. The normalized spacial score (nSPS) is 25.7. The number of carbonyl (C=O) groups excluding carboxylic acids is 2. The van der Waals surface area contributed by atoms with Crippen molar-refractivity contribution in [1.29, 1.82) is 0 Å². The fourth-order valence-electron chi connectivity index (χ4n) is 4.28. The molecule has 0 aromatic heterocycles. The molecule has 2 fully saturated rings. The zero-order chi connectivity index (χ0) is 20.7. The molecule has 0 aliphatic carbocycles. The van der Waals surface area contributed by atoms with Gasteiger partial charge in [0.15, 0.2) is 0 Å². The number of hydrogen-bond donors (Lipinski definition) is 1. The van der Waals surface area contributed by atoms with Crippen LogP contribution in [0.4, 0.5) is 0 Å². The third-order valence-corrected chi connectivity index (χ3v) is 5.63. The van der Waals surface area contributed by atoms with Crippen LogP contribution in [-0.4, -0.2) is 97.1 Å². The van der Waals surface area contributed by atoms with Gasteiger partial charge in [-0.2, -0.15) is 0 Å². The average molecular weight is 397 g/mol. The number of piperazine rings is 1. The average Bonchev–Trinajstić information content (AvgIpc) is 2.61. The summed E-state index contributed by atoms with van der Waals surface area (Å²) < 4.78 is 5.85. The number of ether oxygens (including phenoxy) is 1. The lowest BCUT2D eigenvalue weighted by atomic mass is 9.98. The molecule has 7 nitrogen and oxygen atoms in total. The number of amides is 2. The molecule has 2 amide bonds. The second-order valence-corrected chi connectivity index (χ2v) is 8.71. The monoisotopic (exact) mass is 396 g/mol. The Morgan fingerprint density at radius 1 is 1.07 bits per heavy atom. The Balaban J connectivity index is 1.85. The Morgan fingerprint density at radius 2 is 1.68 bits per heavy atom. The molecule has 0 spiro atoms. The van der Waals surface area contributed by atoms with Crippen LogP contribution >= 0.6 is 0 Å². The van der Waals surface area contributed by atoms with Gasteiger partial charge in [0, 0.05) is 45.8 Å². The molecular weight excluding hydrogens is 356 g/mol. The van der Waals surface area contributed by atoms with Crippen molar-refractivity contribution in [1.82, 2.24) is 20.0 Å². The number of rotatable bonds is 8. The summed E-state index contributed by atoms with van der Waals surface area (Å²) in [6.07, 6.45) is 2.41. The minimum Gasteiger partial charge on any atom is -0.373 e. The van der Waals surface area contributed by atoms with Crippen molar-refractivity contribution in [3.8, 4) is 0 Å². The topological polar surface area (TPSA) is 65.1 Å². The van der Waals surface area contributed by atoms with E-state index >= 15 is 0 Å². The van der Waals surface area contributed by atoms with Gasteiger partial charge in [-0.15, -0.1) is 0 Å². The number of unbranched alkanes of at least 4 members (excludes halogenated alkanes) is 1. The van der Waals surface area contributed by atoms with E-state index in [1.807, 2.05) is 4.90 Å². The van der Waals surface area contributed by atoms with Crippen molar-refractivity contribution in [3.63, 3.8) is 0 Å². The van der Waals surface area contributed by atoms with Crippen molar-refractivity contribution in [2.45, 2.75) is 65.7 Å². The molecule has 162 valence electrons. The number of nitrogens with one attached hydrogen (secondary N) is 1. The molecule has 0 aromatic carbocycles. The first-order chi connectivity index (χ1) is 13.3. The van der Waals surface area contributed by atoms with Crippen LogP contribution in [0.25, 0.3) is 0 Å². The molecule has 0 saturated carbocycles. The van der Waals surface area contributed by atoms with E-state index in [0.717, 1.165) is 45.6 Å². The number of hydrogen-bond acceptors (Lipinski definition) is 5. The summed E-state index contributed by atoms with van der Waals surface area (Å²) in [4.78, 5) is 31.8. The number of nitrogens with zero attached hydrogens (tertiary/aromatic N) is 3. The van der Waals surface area contributed by atoms with Crippen LogP contribution in [0, 0.1) is 5.92 Å². The fraction of sp³-hybridized carbons (Fsp3) is 0.905. The van der Waals surface area contributed by atoms with Crippen LogP contribution in [0.15, 0.2) is 0 Å². The van der Waals surface area contributed by atoms with Gasteiger partial charge in [-0.25, -0.2) is 0 Å². The van der Waals surface area contributed by atoms with Gasteiger partial charge in [0.2, 0.25) is 11.8 Å². The maximum absolute atomic E-state index is 13.3. The van der Waals surface area contributed by atoms with Gasteiger partial charge in [0.05, 0.1) is 24.8 Å². The third kappa shape index (κ3) is 6.71. The lowest BCUT2D eigenvalue weighted by Gasteiger charge is -2.44. The number of carbonyl (C=O) groups is 2. The molecule has 2 aliphatic rings. The van der Waals surface area contributed by atoms with Crippen LogP contribution in [0.2, 0.25) is 0 Å². The molecule has 2 saturated heterocycles. The molecule has 3 atom stereocenters. The van der Waals surface area contributed by atoms with Gasteiger partial charge in [-0.05, 0) is 26.2 Å². The highest BCUT2D eigenvalue weighted by molar-refractivity contribution is 5.82. The predicted octanol–water partition coefficient (Wildman–Crippen LogP) is 1.18. The van der Waals surface area contributed by atoms with E-state index in [-0.39, 0.29) is 36.0 Å². The molecular formula is C21H40N4O3. The summed E-state index contributed by atoms with van der Waals surface area (Å²) in [6.45, 7) is 16.2. The first-order valence-corrected chi connectivity index (χ1v) is 11.0. The Morgan fingerprint density at radius 3 is 2.21 bits per heavy atom. The molecule has 2 aliphatic heterocycles. The maximum atomic E-state index is 13.3. The van der Waals surface area contributed by atoms with Gasteiger partial charge >= 0.3 is 0 Å². The van der Waals surface area contributed by atoms with Crippen LogP contribution in [0.1, 0.15) is 47.5 Å². The number of morpholine rings is 1. The Bertz CT molecular complexity index is 496. The van der Waals surface area contributed by atoms with E-state index in [4.69, 9.17) is 4.74 Å². The molecule has 28 heavy (non-hydrogen) atoms. The summed E-state index contributed by atoms with van der Waals surface area (Å²) in [5, 5.41) is 2.97. The highest BCUT2D eigenvalue weighted by Gasteiger charge is 2.37. The second-order valence-electron chi connectivity index (χ2n) is 8.71. The van der Waals surface area contributed by atoms with E-state index in [2.05, 4.69) is 49.7 Å². The summed E-state index contributed by atoms with van der Waals surface area (Å²) in [7, 11) is 0. The van der Waals surface area contributed by atoms with Gasteiger partial charge in [0.25, 0.3) is 0 Å². The molecule has 3 unspecified atom stereocenters. The summed E-state index contributed by atoms with van der Waals surface area (Å²) in [6, 6.07) is -0.0994. The van der Waals surface area contributed by atoms with Crippen LogP contribution < -0.4 is 5.32 Å². The largest absolute Gasteiger partial charge is 0.373 e. The SMILES string of the molecule is CCCCNC(=O)CN1CCN(C(=O)C(C(C)C)N2CC(C)OC(C)C2)CC1. The lowest BCUT2D eigenvalue weighted by Crippen LogP contribution is -2.60. The second kappa shape index (κ2) is 11.1. The molecule has 7 heteroatoms. The van der Waals surface area contributed by atoms with Gasteiger partial charge in [-0.3, -0.25) is 19.4 Å². The molecule has 0 bridgehead atoms. The lowest BCUT2D eigenvalue weighted by molar-refractivity contribution is -0.147. The van der Waals surface area contributed by atoms with E-state index < -0.39 is 0 Å². The van der Waals surface area contributed by atoms with Gasteiger partial charge in [0.1, 0.15) is 0 Å². The Labute approximate surface area is 170 Å². The summed E-state index contributed by atoms with van der Waals surface area (Å²) >= 11 is 0. The van der Waals surface area contributed by atoms with Crippen molar-refractivity contribution in [2.75, 3.05) is 52.4 Å². The molecule has 2 rings (SSSR count). The van der Waals surface area contributed by atoms with Crippen LogP contribution in [0.3, 0.4) is 0 Å². The Kier molecular flexibility index (Phi) is 9.18. The molecule has 1 N–H and O–H groups in total. The fourth-order valence-corrected chi connectivity index (χ4v) is 4.28. The predicted molar refractivity (Wildman–Crippen MR) is 111 cm³/mol. The third-order valence-electron chi connectivity index (χ3n) is 5.63. The standard InChI is InChI=1S/C21H40N4O3/c1-6-7-8-22-19(26)15-23-9-11-24(12-10-23)21(27)20(16(2)3)25-13-17(4)28-18(5)14-25/h16-18,20H,6-15H2,1-5H3,(H,22,26). The summed E-state index contributed by atoms with van der Waals surface area (Å²) in [5.41, 5.74) is 0. The summed E-state index contributed by atoms with van der Waals surface area (Å²) in [5.74, 6) is 0.570. The van der Waals surface area contributed by atoms with Gasteiger partial charge < -0.3 is 15.0 Å². The van der Waals surface area contributed by atoms with E-state index in [0.29, 0.717) is 19.6 Å². The first-order valence-electron chi connectivity index (χ1n) is 11.0. The minimum atomic E-state index is -0.0994.